The van der Waals surface area contributed by atoms with Gasteiger partial charge in [-0.1, -0.05) is 13.8 Å². The highest BCUT2D eigenvalue weighted by molar-refractivity contribution is 6.00. The molecule has 1 aromatic carbocycles. The van der Waals surface area contributed by atoms with Crippen molar-refractivity contribution in [3.8, 4) is 6.07 Å². The summed E-state index contributed by atoms with van der Waals surface area (Å²) in [6.07, 6.45) is 1.22. The predicted molar refractivity (Wildman–Crippen MR) is 112 cm³/mol. The van der Waals surface area contributed by atoms with Gasteiger partial charge in [-0.15, -0.1) is 0 Å². The molecule has 2 heterocycles. The number of H-pyrrole nitrogens is 1. The van der Waals surface area contributed by atoms with Crippen molar-refractivity contribution >= 4 is 28.6 Å². The number of halogens is 1. The normalized spacial score (nSPS) is 17.8. The molecular formula is C22H26FN5O3. The molecule has 0 unspecified atom stereocenters. The van der Waals surface area contributed by atoms with Crippen LogP contribution in [0.15, 0.2) is 24.3 Å². The molecule has 0 spiro atoms. The quantitative estimate of drug-likeness (QED) is 0.514. The second-order valence-electron chi connectivity index (χ2n) is 8.27. The summed E-state index contributed by atoms with van der Waals surface area (Å²) in [4.78, 5) is 40.2. The molecule has 1 aromatic heterocycles. The molecule has 31 heavy (non-hydrogen) atoms. The van der Waals surface area contributed by atoms with Crippen LogP contribution in [0.4, 0.5) is 4.39 Å². The summed E-state index contributed by atoms with van der Waals surface area (Å²) in [6.45, 7) is 4.40. The van der Waals surface area contributed by atoms with Gasteiger partial charge in [0.25, 0.3) is 5.91 Å². The minimum absolute atomic E-state index is 0.106. The lowest BCUT2D eigenvalue weighted by Gasteiger charge is -2.22. The molecule has 3 rings (SSSR count). The highest BCUT2D eigenvalue weighted by Gasteiger charge is 2.30. The number of rotatable bonds is 8. The van der Waals surface area contributed by atoms with E-state index in [1.54, 1.807) is 12.1 Å². The van der Waals surface area contributed by atoms with E-state index in [1.807, 2.05) is 19.9 Å². The Morgan fingerprint density at radius 3 is 2.71 bits per heavy atom. The average Bonchev–Trinajstić information content (AvgIpc) is 3.32. The van der Waals surface area contributed by atoms with E-state index in [2.05, 4.69) is 20.9 Å². The molecule has 3 atom stereocenters. The standard InChI is InChI=1S/C22H26FN5O3/c1-12(2)7-18(21(30)26-16(11-24)8-14-5-6-25-20(14)29)28-22(31)19-9-13-3-4-15(23)10-17(13)27-19/h3-4,9-10,12,14,16,18,27H,5-8H2,1-2H3,(H,25,29)(H,26,30)(H,28,31)/t14-,16-,18-/m0/s1. The Morgan fingerprint density at radius 2 is 2.06 bits per heavy atom. The monoisotopic (exact) mass is 427 g/mol. The number of aromatic amines is 1. The van der Waals surface area contributed by atoms with Crippen LogP contribution in [0.3, 0.4) is 0 Å². The molecule has 1 saturated heterocycles. The summed E-state index contributed by atoms with van der Waals surface area (Å²) in [7, 11) is 0. The molecule has 3 amide bonds. The number of carbonyl (C=O) groups excluding carboxylic acids is 3. The molecule has 1 aliphatic heterocycles. The fourth-order valence-electron chi connectivity index (χ4n) is 3.73. The fourth-order valence-corrected chi connectivity index (χ4v) is 3.73. The number of nitrogens with zero attached hydrogens (tertiary/aromatic N) is 1. The summed E-state index contributed by atoms with van der Waals surface area (Å²) >= 11 is 0. The molecule has 8 nitrogen and oxygen atoms in total. The second kappa shape index (κ2) is 9.60. The number of nitrogens with one attached hydrogen (secondary N) is 4. The van der Waals surface area contributed by atoms with Crippen LogP contribution in [-0.2, 0) is 9.59 Å². The van der Waals surface area contributed by atoms with Crippen molar-refractivity contribution < 1.29 is 18.8 Å². The molecule has 1 aliphatic rings. The van der Waals surface area contributed by atoms with Gasteiger partial charge in [-0.25, -0.2) is 4.39 Å². The van der Waals surface area contributed by atoms with E-state index in [4.69, 9.17) is 0 Å². The zero-order valence-electron chi connectivity index (χ0n) is 17.5. The van der Waals surface area contributed by atoms with Crippen LogP contribution >= 0.6 is 0 Å². The number of fused-ring (bicyclic) bond motifs is 1. The molecule has 4 N–H and O–H groups in total. The lowest BCUT2D eigenvalue weighted by Crippen LogP contribution is -2.50. The van der Waals surface area contributed by atoms with E-state index in [-0.39, 0.29) is 29.9 Å². The molecule has 164 valence electrons. The molecule has 9 heteroatoms. The minimum atomic E-state index is -0.857. The lowest BCUT2D eigenvalue weighted by atomic mass is 9.98. The Bertz CT molecular complexity index is 1030. The lowest BCUT2D eigenvalue weighted by molar-refractivity contribution is -0.125. The van der Waals surface area contributed by atoms with Crippen molar-refractivity contribution in [2.45, 2.75) is 45.2 Å². The average molecular weight is 427 g/mol. The highest BCUT2D eigenvalue weighted by atomic mass is 19.1. The first-order chi connectivity index (χ1) is 14.8. The van der Waals surface area contributed by atoms with Crippen LogP contribution in [0, 0.1) is 29.0 Å². The zero-order valence-corrected chi connectivity index (χ0v) is 17.5. The maximum atomic E-state index is 13.4. The van der Waals surface area contributed by atoms with Crippen LogP contribution in [0.2, 0.25) is 0 Å². The molecule has 0 radical (unpaired) electrons. The number of aromatic nitrogens is 1. The van der Waals surface area contributed by atoms with Gasteiger partial charge >= 0.3 is 0 Å². The van der Waals surface area contributed by atoms with Gasteiger partial charge in [0.05, 0.1) is 6.07 Å². The Hall–Kier alpha value is -3.41. The fraction of sp³-hybridized carbons (Fsp3) is 0.455. The van der Waals surface area contributed by atoms with Gasteiger partial charge in [0.15, 0.2) is 0 Å². The van der Waals surface area contributed by atoms with Crippen LogP contribution in [-0.4, -0.2) is 41.3 Å². The zero-order chi connectivity index (χ0) is 22.5. The Labute approximate surface area is 179 Å². The van der Waals surface area contributed by atoms with E-state index >= 15 is 0 Å². The summed E-state index contributed by atoms with van der Waals surface area (Å²) < 4.78 is 13.4. The molecule has 0 aliphatic carbocycles. The SMILES string of the molecule is CC(C)C[C@H](NC(=O)c1cc2ccc(F)cc2[nH]1)C(=O)N[C@H](C#N)C[C@@H]1CCNC1=O. The van der Waals surface area contributed by atoms with Gasteiger partial charge < -0.3 is 20.9 Å². The topological polar surface area (TPSA) is 127 Å². The van der Waals surface area contributed by atoms with Gasteiger partial charge in [0.2, 0.25) is 11.8 Å². The van der Waals surface area contributed by atoms with E-state index in [0.717, 1.165) is 0 Å². The van der Waals surface area contributed by atoms with Crippen LogP contribution < -0.4 is 16.0 Å². The van der Waals surface area contributed by atoms with E-state index in [9.17, 15) is 24.0 Å². The third-order valence-electron chi connectivity index (χ3n) is 5.31. The summed E-state index contributed by atoms with van der Waals surface area (Å²) in [5, 5.41) is 18.2. The van der Waals surface area contributed by atoms with E-state index < -0.39 is 29.7 Å². The van der Waals surface area contributed by atoms with Crippen LogP contribution in [0.1, 0.15) is 43.6 Å². The first-order valence-electron chi connectivity index (χ1n) is 10.3. The van der Waals surface area contributed by atoms with Gasteiger partial charge in [-0.2, -0.15) is 5.26 Å². The molecular weight excluding hydrogens is 401 g/mol. The predicted octanol–water partition coefficient (Wildman–Crippen LogP) is 1.99. The number of amides is 3. The molecule has 2 aromatic rings. The summed E-state index contributed by atoms with van der Waals surface area (Å²) in [5.41, 5.74) is 0.691. The Balaban J connectivity index is 1.69. The first-order valence-corrected chi connectivity index (χ1v) is 10.3. The maximum absolute atomic E-state index is 13.4. The van der Waals surface area contributed by atoms with Crippen LogP contribution in [0.25, 0.3) is 10.9 Å². The Morgan fingerprint density at radius 1 is 1.29 bits per heavy atom. The third kappa shape index (κ3) is 5.60. The summed E-state index contributed by atoms with van der Waals surface area (Å²) in [5.74, 6) is -1.72. The largest absolute Gasteiger partial charge is 0.356 e. The van der Waals surface area contributed by atoms with Crippen molar-refractivity contribution in [3.05, 3.63) is 35.8 Å². The van der Waals surface area contributed by atoms with E-state index in [0.29, 0.717) is 30.3 Å². The highest BCUT2D eigenvalue weighted by Crippen LogP contribution is 2.18. The van der Waals surface area contributed by atoms with Crippen LogP contribution in [0.5, 0.6) is 0 Å². The maximum Gasteiger partial charge on any atom is 0.268 e. The van der Waals surface area contributed by atoms with Crippen molar-refractivity contribution in [2.24, 2.45) is 11.8 Å². The second-order valence-corrected chi connectivity index (χ2v) is 8.27. The Kier molecular flexibility index (Phi) is 6.90. The number of hydrogen-bond acceptors (Lipinski definition) is 4. The van der Waals surface area contributed by atoms with Crippen molar-refractivity contribution in [3.63, 3.8) is 0 Å². The number of nitriles is 1. The molecule has 0 bridgehead atoms. The third-order valence-corrected chi connectivity index (χ3v) is 5.31. The molecule has 0 saturated carbocycles. The van der Waals surface area contributed by atoms with Crippen molar-refractivity contribution in [2.75, 3.05) is 6.54 Å². The number of benzene rings is 1. The number of carbonyl (C=O) groups is 3. The molecule has 1 fully saturated rings. The van der Waals surface area contributed by atoms with Gasteiger partial charge in [0.1, 0.15) is 23.6 Å². The van der Waals surface area contributed by atoms with Gasteiger partial charge in [-0.3, -0.25) is 14.4 Å². The number of hydrogen-bond donors (Lipinski definition) is 4. The minimum Gasteiger partial charge on any atom is -0.356 e. The van der Waals surface area contributed by atoms with Crippen molar-refractivity contribution in [1.29, 1.82) is 5.26 Å². The van der Waals surface area contributed by atoms with Gasteiger partial charge in [-0.05, 0) is 49.4 Å². The summed E-state index contributed by atoms with van der Waals surface area (Å²) in [6, 6.07) is 6.09. The van der Waals surface area contributed by atoms with Crippen molar-refractivity contribution in [1.82, 2.24) is 20.9 Å². The van der Waals surface area contributed by atoms with E-state index in [1.165, 1.54) is 12.1 Å². The first kappa shape index (κ1) is 22.3. The van der Waals surface area contributed by atoms with Gasteiger partial charge in [0, 0.05) is 23.4 Å². The smallest absolute Gasteiger partial charge is 0.268 e.